The Morgan fingerprint density at radius 2 is 1.94 bits per heavy atom. The van der Waals surface area contributed by atoms with E-state index in [2.05, 4.69) is 20.9 Å². The van der Waals surface area contributed by atoms with E-state index in [0.717, 1.165) is 61.2 Å². The van der Waals surface area contributed by atoms with E-state index >= 15 is 0 Å². The number of carboxylic acids is 1. The van der Waals surface area contributed by atoms with Gasteiger partial charge in [0, 0.05) is 60.5 Å². The Balaban J connectivity index is 0.000000384. The Morgan fingerprint density at radius 1 is 1.14 bits per heavy atom. The number of H-pyrrole nitrogens is 1. The van der Waals surface area contributed by atoms with Crippen molar-refractivity contribution in [2.75, 3.05) is 44.3 Å². The summed E-state index contributed by atoms with van der Waals surface area (Å²) in [6, 6.07) is 12.0. The molecule has 36 heavy (non-hydrogen) atoms. The van der Waals surface area contributed by atoms with Crippen LogP contribution >= 0.6 is 0 Å². The standard InChI is InChI=1S/C23H26N4O2.C2HF3O2/c28-22(19-4-5-21-18(13-19)6-9-25-21)27-10-2-7-23(16-27)15-26(11-12-29-17-23)20-3-1-8-24-14-20;3-2(4,5)1(6)7/h1,3-6,8-9,13-14,25H,2,7,10-12,15-17H2;(H,6,7). The lowest BCUT2D eigenvalue weighted by atomic mass is 9.79. The molecule has 2 aliphatic rings. The number of fused-ring (bicyclic) bond motifs is 1. The van der Waals surface area contributed by atoms with Crippen molar-refractivity contribution in [1.82, 2.24) is 14.9 Å². The molecular weight excluding hydrogens is 477 g/mol. The number of pyridine rings is 1. The minimum atomic E-state index is -5.08. The quantitative estimate of drug-likeness (QED) is 0.548. The average Bonchev–Trinajstić information content (AvgIpc) is 3.25. The number of carbonyl (C=O) groups is 2. The molecule has 5 rings (SSSR count). The van der Waals surface area contributed by atoms with E-state index in [9.17, 15) is 18.0 Å². The lowest BCUT2D eigenvalue weighted by molar-refractivity contribution is -0.192. The molecule has 11 heteroatoms. The summed E-state index contributed by atoms with van der Waals surface area (Å²) in [6.45, 7) is 4.68. The van der Waals surface area contributed by atoms with E-state index in [1.807, 2.05) is 47.6 Å². The van der Waals surface area contributed by atoms with Gasteiger partial charge in [0.1, 0.15) is 0 Å². The fourth-order valence-corrected chi connectivity index (χ4v) is 4.75. The highest BCUT2D eigenvalue weighted by Crippen LogP contribution is 2.35. The first-order valence-corrected chi connectivity index (χ1v) is 11.6. The molecule has 2 aromatic heterocycles. The third kappa shape index (κ3) is 5.96. The van der Waals surface area contributed by atoms with Gasteiger partial charge < -0.3 is 24.6 Å². The van der Waals surface area contributed by atoms with Crippen LogP contribution in [0, 0.1) is 5.41 Å². The SMILES string of the molecule is O=C(O)C(F)(F)F.O=C(c1ccc2[nH]ccc2c1)N1CCCC2(COCCN(c3cccnc3)C2)C1. The first-order chi connectivity index (χ1) is 17.2. The van der Waals surface area contributed by atoms with Gasteiger partial charge in [0.15, 0.2) is 0 Å². The molecular formula is C25H27F3N4O4. The normalized spacial score (nSPS) is 20.5. The summed E-state index contributed by atoms with van der Waals surface area (Å²) < 4.78 is 37.8. The van der Waals surface area contributed by atoms with Gasteiger partial charge in [0.25, 0.3) is 5.91 Å². The molecule has 2 fully saturated rings. The summed E-state index contributed by atoms with van der Waals surface area (Å²) in [4.78, 5) is 34.0. The molecule has 1 spiro atoms. The summed E-state index contributed by atoms with van der Waals surface area (Å²) in [5.41, 5.74) is 2.89. The van der Waals surface area contributed by atoms with Crippen LogP contribution in [0.25, 0.3) is 10.9 Å². The van der Waals surface area contributed by atoms with Gasteiger partial charge in [-0.1, -0.05) is 0 Å². The number of carboxylic acid groups (broad SMARTS) is 1. The molecule has 0 radical (unpaired) electrons. The molecule has 1 aromatic carbocycles. The van der Waals surface area contributed by atoms with E-state index in [-0.39, 0.29) is 11.3 Å². The van der Waals surface area contributed by atoms with Crippen molar-refractivity contribution in [3.8, 4) is 0 Å². The lowest BCUT2D eigenvalue weighted by Gasteiger charge is -2.44. The Labute approximate surface area is 205 Å². The van der Waals surface area contributed by atoms with Gasteiger partial charge in [-0.3, -0.25) is 9.78 Å². The largest absolute Gasteiger partial charge is 0.490 e. The monoisotopic (exact) mass is 504 g/mol. The number of aromatic nitrogens is 2. The van der Waals surface area contributed by atoms with Gasteiger partial charge in [-0.05, 0) is 49.2 Å². The van der Waals surface area contributed by atoms with Gasteiger partial charge in [0.05, 0.1) is 25.1 Å². The molecule has 1 unspecified atom stereocenters. The number of amides is 1. The van der Waals surface area contributed by atoms with Crippen molar-refractivity contribution < 1.29 is 32.6 Å². The number of aromatic amines is 1. The fraction of sp³-hybridized carbons (Fsp3) is 0.400. The highest BCUT2D eigenvalue weighted by atomic mass is 19.4. The number of rotatable bonds is 2. The predicted octanol–water partition coefficient (Wildman–Crippen LogP) is 3.96. The maximum absolute atomic E-state index is 13.3. The van der Waals surface area contributed by atoms with Crippen molar-refractivity contribution in [1.29, 1.82) is 0 Å². The maximum atomic E-state index is 13.3. The van der Waals surface area contributed by atoms with Gasteiger partial charge in [0.2, 0.25) is 0 Å². The van der Waals surface area contributed by atoms with Crippen LogP contribution in [0.3, 0.4) is 0 Å². The fourth-order valence-electron chi connectivity index (χ4n) is 4.75. The molecule has 1 atom stereocenters. The average molecular weight is 505 g/mol. The smallest absolute Gasteiger partial charge is 0.475 e. The number of hydrogen-bond acceptors (Lipinski definition) is 5. The van der Waals surface area contributed by atoms with Gasteiger partial charge in [-0.2, -0.15) is 13.2 Å². The number of ether oxygens (including phenoxy) is 1. The number of carbonyl (C=O) groups excluding carboxylic acids is 1. The minimum Gasteiger partial charge on any atom is -0.475 e. The Hall–Kier alpha value is -3.60. The number of halogens is 3. The van der Waals surface area contributed by atoms with Crippen LogP contribution in [0.5, 0.6) is 0 Å². The lowest BCUT2D eigenvalue weighted by Crippen LogP contribution is -2.52. The van der Waals surface area contributed by atoms with Crippen molar-refractivity contribution in [2.24, 2.45) is 5.41 Å². The van der Waals surface area contributed by atoms with Crippen LogP contribution in [-0.2, 0) is 9.53 Å². The number of hydrogen-bond donors (Lipinski definition) is 2. The second-order valence-electron chi connectivity index (χ2n) is 9.10. The molecule has 192 valence electrons. The third-order valence-corrected chi connectivity index (χ3v) is 6.44. The van der Waals surface area contributed by atoms with Crippen LogP contribution in [-0.4, -0.2) is 77.4 Å². The molecule has 0 saturated carbocycles. The van der Waals surface area contributed by atoms with Gasteiger partial charge >= 0.3 is 12.1 Å². The third-order valence-electron chi connectivity index (χ3n) is 6.44. The summed E-state index contributed by atoms with van der Waals surface area (Å²) >= 11 is 0. The summed E-state index contributed by atoms with van der Waals surface area (Å²) in [7, 11) is 0. The summed E-state index contributed by atoms with van der Waals surface area (Å²) in [6.07, 6.45) is 2.62. The summed E-state index contributed by atoms with van der Waals surface area (Å²) in [5, 5.41) is 8.20. The number of likely N-dealkylation sites (tertiary alicyclic amines) is 1. The number of benzene rings is 1. The predicted molar refractivity (Wildman–Crippen MR) is 127 cm³/mol. The Bertz CT molecular complexity index is 1200. The van der Waals surface area contributed by atoms with Gasteiger partial charge in [-0.15, -0.1) is 0 Å². The number of piperidine rings is 1. The first kappa shape index (κ1) is 25.5. The molecule has 0 aliphatic carbocycles. The molecule has 0 bridgehead atoms. The van der Waals surface area contributed by atoms with E-state index in [1.54, 1.807) is 6.20 Å². The number of anilines is 1. The molecule has 2 aliphatic heterocycles. The molecule has 8 nitrogen and oxygen atoms in total. The van der Waals surface area contributed by atoms with Crippen molar-refractivity contribution in [2.45, 2.75) is 19.0 Å². The maximum Gasteiger partial charge on any atom is 0.490 e. The first-order valence-electron chi connectivity index (χ1n) is 11.6. The number of nitrogens with one attached hydrogen (secondary N) is 1. The highest BCUT2D eigenvalue weighted by molar-refractivity contribution is 5.98. The zero-order chi connectivity index (χ0) is 25.8. The second-order valence-corrected chi connectivity index (χ2v) is 9.10. The zero-order valence-corrected chi connectivity index (χ0v) is 19.5. The van der Waals surface area contributed by atoms with Crippen LogP contribution in [0.1, 0.15) is 23.2 Å². The molecule has 4 heterocycles. The minimum absolute atomic E-state index is 0.0432. The van der Waals surface area contributed by atoms with Crippen molar-refractivity contribution in [3.63, 3.8) is 0 Å². The van der Waals surface area contributed by atoms with E-state index in [0.29, 0.717) is 13.2 Å². The van der Waals surface area contributed by atoms with E-state index in [4.69, 9.17) is 14.6 Å². The van der Waals surface area contributed by atoms with Crippen LogP contribution in [0.2, 0.25) is 0 Å². The molecule has 3 aromatic rings. The van der Waals surface area contributed by atoms with Crippen LogP contribution < -0.4 is 4.90 Å². The Morgan fingerprint density at radius 3 is 2.67 bits per heavy atom. The topological polar surface area (TPSA) is 98.8 Å². The number of aliphatic carboxylic acids is 1. The van der Waals surface area contributed by atoms with E-state index in [1.165, 1.54) is 0 Å². The van der Waals surface area contributed by atoms with Crippen molar-refractivity contribution in [3.05, 3.63) is 60.6 Å². The van der Waals surface area contributed by atoms with Crippen LogP contribution in [0.15, 0.2) is 55.0 Å². The number of nitrogens with zero attached hydrogens (tertiary/aromatic N) is 3. The van der Waals surface area contributed by atoms with Gasteiger partial charge in [-0.25, -0.2) is 4.79 Å². The van der Waals surface area contributed by atoms with E-state index < -0.39 is 12.1 Å². The summed E-state index contributed by atoms with van der Waals surface area (Å²) in [5.74, 6) is -2.64. The molecule has 2 N–H and O–H groups in total. The second kappa shape index (κ2) is 10.6. The number of alkyl halides is 3. The van der Waals surface area contributed by atoms with Crippen molar-refractivity contribution >= 4 is 28.5 Å². The van der Waals surface area contributed by atoms with Crippen LogP contribution in [0.4, 0.5) is 18.9 Å². The molecule has 2 saturated heterocycles. The molecule has 1 amide bonds. The Kier molecular flexibility index (Phi) is 7.48. The highest BCUT2D eigenvalue weighted by Gasteiger charge is 2.41. The zero-order valence-electron chi connectivity index (χ0n) is 19.5.